The second-order valence-electron chi connectivity index (χ2n) is 4.16. The van der Waals surface area contributed by atoms with Crippen LogP contribution < -0.4 is 5.32 Å². The zero-order valence-corrected chi connectivity index (χ0v) is 8.83. The van der Waals surface area contributed by atoms with Gasteiger partial charge in [-0.25, -0.2) is 4.98 Å². The van der Waals surface area contributed by atoms with E-state index < -0.39 is 0 Å². The molecule has 1 fully saturated rings. The van der Waals surface area contributed by atoms with E-state index >= 15 is 0 Å². The summed E-state index contributed by atoms with van der Waals surface area (Å²) in [5.74, 6) is 0.103. The van der Waals surface area contributed by atoms with Gasteiger partial charge in [0.15, 0.2) is 0 Å². The Hall–Kier alpha value is -1.32. The highest BCUT2D eigenvalue weighted by Crippen LogP contribution is 2.17. The predicted octanol–water partition coefficient (Wildman–Crippen LogP) is 1.40. The fraction of sp³-hybridized carbons (Fsp3) is 0.636. The maximum Gasteiger partial charge on any atom is 0.226 e. The molecule has 82 valence electrons. The third-order valence-electron chi connectivity index (χ3n) is 2.88. The average Bonchev–Trinajstić information content (AvgIpc) is 2.71. The SMILES string of the molecule is O=C(Cc1cnc[nH]1)NC1CCCCC1. The van der Waals surface area contributed by atoms with Crippen LogP contribution in [0.5, 0.6) is 0 Å². The third kappa shape index (κ3) is 3.08. The molecule has 4 heteroatoms. The summed E-state index contributed by atoms with van der Waals surface area (Å²) in [6.07, 6.45) is 9.78. The number of aromatic nitrogens is 2. The maximum absolute atomic E-state index is 11.6. The van der Waals surface area contributed by atoms with Crippen molar-refractivity contribution in [2.45, 2.75) is 44.6 Å². The number of H-pyrrole nitrogens is 1. The largest absolute Gasteiger partial charge is 0.353 e. The van der Waals surface area contributed by atoms with Crippen molar-refractivity contribution < 1.29 is 4.79 Å². The molecule has 1 aliphatic carbocycles. The monoisotopic (exact) mass is 207 g/mol. The Kier molecular flexibility index (Phi) is 3.37. The Bertz CT molecular complexity index is 302. The second-order valence-corrected chi connectivity index (χ2v) is 4.16. The standard InChI is InChI=1S/C11H17N3O/c15-11(6-10-7-12-8-13-10)14-9-4-2-1-3-5-9/h7-9H,1-6H2,(H,12,13)(H,14,15). The van der Waals surface area contributed by atoms with Crippen molar-refractivity contribution in [1.82, 2.24) is 15.3 Å². The van der Waals surface area contributed by atoms with E-state index in [1.165, 1.54) is 19.3 Å². The van der Waals surface area contributed by atoms with Gasteiger partial charge in [-0.15, -0.1) is 0 Å². The number of hydrogen-bond donors (Lipinski definition) is 2. The van der Waals surface area contributed by atoms with Gasteiger partial charge in [-0.1, -0.05) is 19.3 Å². The lowest BCUT2D eigenvalue weighted by Gasteiger charge is -2.22. The topological polar surface area (TPSA) is 57.8 Å². The van der Waals surface area contributed by atoms with E-state index in [4.69, 9.17) is 0 Å². The highest BCUT2D eigenvalue weighted by Gasteiger charge is 2.15. The Morgan fingerprint density at radius 3 is 2.93 bits per heavy atom. The highest BCUT2D eigenvalue weighted by atomic mass is 16.1. The van der Waals surface area contributed by atoms with Crippen LogP contribution in [0.25, 0.3) is 0 Å². The minimum atomic E-state index is 0.103. The summed E-state index contributed by atoms with van der Waals surface area (Å²) in [6.45, 7) is 0. The van der Waals surface area contributed by atoms with Gasteiger partial charge in [0.2, 0.25) is 5.91 Å². The fourth-order valence-corrected chi connectivity index (χ4v) is 2.08. The molecule has 4 nitrogen and oxygen atoms in total. The van der Waals surface area contributed by atoms with E-state index in [0.29, 0.717) is 12.5 Å². The van der Waals surface area contributed by atoms with Crippen molar-refractivity contribution in [3.8, 4) is 0 Å². The van der Waals surface area contributed by atoms with Gasteiger partial charge in [-0.05, 0) is 12.8 Å². The Morgan fingerprint density at radius 2 is 2.27 bits per heavy atom. The molecule has 0 radical (unpaired) electrons. The zero-order chi connectivity index (χ0) is 10.5. The van der Waals surface area contributed by atoms with E-state index in [9.17, 15) is 4.79 Å². The van der Waals surface area contributed by atoms with Crippen molar-refractivity contribution in [1.29, 1.82) is 0 Å². The van der Waals surface area contributed by atoms with Crippen LogP contribution in [0.2, 0.25) is 0 Å². The van der Waals surface area contributed by atoms with Crippen LogP contribution in [-0.2, 0) is 11.2 Å². The van der Waals surface area contributed by atoms with Crippen molar-refractivity contribution in [3.05, 3.63) is 18.2 Å². The van der Waals surface area contributed by atoms with Crippen LogP contribution in [0.1, 0.15) is 37.8 Å². The summed E-state index contributed by atoms with van der Waals surface area (Å²) >= 11 is 0. The van der Waals surface area contributed by atoms with Crippen LogP contribution in [0.4, 0.5) is 0 Å². The van der Waals surface area contributed by atoms with Crippen LogP contribution in [0.3, 0.4) is 0 Å². The molecule has 0 unspecified atom stereocenters. The molecule has 1 amide bonds. The van der Waals surface area contributed by atoms with Gasteiger partial charge < -0.3 is 10.3 Å². The number of amides is 1. The van der Waals surface area contributed by atoms with Gasteiger partial charge in [-0.2, -0.15) is 0 Å². The van der Waals surface area contributed by atoms with Crippen molar-refractivity contribution in [2.75, 3.05) is 0 Å². The highest BCUT2D eigenvalue weighted by molar-refractivity contribution is 5.78. The number of aromatic amines is 1. The molecule has 0 atom stereocenters. The first-order valence-corrected chi connectivity index (χ1v) is 5.61. The quantitative estimate of drug-likeness (QED) is 0.787. The summed E-state index contributed by atoms with van der Waals surface area (Å²) in [5, 5.41) is 3.07. The lowest BCUT2D eigenvalue weighted by atomic mass is 9.95. The minimum Gasteiger partial charge on any atom is -0.353 e. The van der Waals surface area contributed by atoms with Gasteiger partial charge in [0, 0.05) is 17.9 Å². The van der Waals surface area contributed by atoms with Gasteiger partial charge in [0.05, 0.1) is 12.7 Å². The molecule has 15 heavy (non-hydrogen) atoms. The van der Waals surface area contributed by atoms with Crippen molar-refractivity contribution >= 4 is 5.91 Å². The molecule has 2 rings (SSSR count). The summed E-state index contributed by atoms with van der Waals surface area (Å²) in [4.78, 5) is 18.4. The summed E-state index contributed by atoms with van der Waals surface area (Å²) in [6, 6.07) is 0.397. The Labute approximate surface area is 89.5 Å². The lowest BCUT2D eigenvalue weighted by Crippen LogP contribution is -2.37. The Balaban J connectivity index is 1.76. The molecule has 2 N–H and O–H groups in total. The Morgan fingerprint density at radius 1 is 1.47 bits per heavy atom. The van der Waals surface area contributed by atoms with E-state index in [1.54, 1.807) is 12.5 Å². The first kappa shape index (κ1) is 10.2. The van der Waals surface area contributed by atoms with Crippen LogP contribution >= 0.6 is 0 Å². The molecule has 1 heterocycles. The zero-order valence-electron chi connectivity index (χ0n) is 8.83. The van der Waals surface area contributed by atoms with Crippen molar-refractivity contribution in [3.63, 3.8) is 0 Å². The predicted molar refractivity (Wildman–Crippen MR) is 57.3 cm³/mol. The van der Waals surface area contributed by atoms with Gasteiger partial charge >= 0.3 is 0 Å². The molecule has 0 saturated heterocycles. The smallest absolute Gasteiger partial charge is 0.226 e. The van der Waals surface area contributed by atoms with E-state index in [-0.39, 0.29) is 5.91 Å². The van der Waals surface area contributed by atoms with E-state index in [2.05, 4.69) is 15.3 Å². The number of carbonyl (C=O) groups excluding carboxylic acids is 1. The first-order valence-electron chi connectivity index (χ1n) is 5.61. The average molecular weight is 207 g/mol. The molecule has 0 aromatic carbocycles. The summed E-state index contributed by atoms with van der Waals surface area (Å²) < 4.78 is 0. The number of carbonyl (C=O) groups is 1. The van der Waals surface area contributed by atoms with Gasteiger partial charge in [-0.3, -0.25) is 4.79 Å². The van der Waals surface area contributed by atoms with Gasteiger partial charge in [0.1, 0.15) is 0 Å². The number of imidazole rings is 1. The molecule has 1 saturated carbocycles. The van der Waals surface area contributed by atoms with E-state index in [1.807, 2.05) is 0 Å². The summed E-state index contributed by atoms with van der Waals surface area (Å²) in [5.41, 5.74) is 0.878. The van der Waals surface area contributed by atoms with Crippen LogP contribution in [-0.4, -0.2) is 21.9 Å². The molecule has 0 aliphatic heterocycles. The van der Waals surface area contributed by atoms with Crippen molar-refractivity contribution in [2.24, 2.45) is 0 Å². The fourth-order valence-electron chi connectivity index (χ4n) is 2.08. The number of rotatable bonds is 3. The third-order valence-corrected chi connectivity index (χ3v) is 2.88. The van der Waals surface area contributed by atoms with Gasteiger partial charge in [0.25, 0.3) is 0 Å². The molecule has 1 aromatic rings. The van der Waals surface area contributed by atoms with E-state index in [0.717, 1.165) is 18.5 Å². The number of nitrogens with one attached hydrogen (secondary N) is 2. The second kappa shape index (κ2) is 4.96. The molecule has 0 bridgehead atoms. The molecule has 0 spiro atoms. The van der Waals surface area contributed by atoms with Crippen LogP contribution in [0, 0.1) is 0 Å². The molecular formula is C11H17N3O. The minimum absolute atomic E-state index is 0.103. The molecule has 1 aliphatic rings. The maximum atomic E-state index is 11.6. The van der Waals surface area contributed by atoms with Crippen LogP contribution in [0.15, 0.2) is 12.5 Å². The number of hydrogen-bond acceptors (Lipinski definition) is 2. The molecule has 1 aromatic heterocycles. The first-order chi connectivity index (χ1) is 7.34. The molecular weight excluding hydrogens is 190 g/mol. The normalized spacial score (nSPS) is 17.6. The summed E-state index contributed by atoms with van der Waals surface area (Å²) in [7, 11) is 0. The number of nitrogens with zero attached hydrogens (tertiary/aromatic N) is 1. The lowest BCUT2D eigenvalue weighted by molar-refractivity contribution is -0.121.